The molecule has 2 nitrogen and oxygen atoms in total. The molecule has 0 spiro atoms. The van der Waals surface area contributed by atoms with E-state index in [9.17, 15) is 5.26 Å². The van der Waals surface area contributed by atoms with E-state index in [1.165, 1.54) is 0 Å². The second kappa shape index (κ2) is 8.00. The number of hydrogen-bond donors (Lipinski definition) is 0. The smallest absolute Gasteiger partial charge is 0.103 e. The molecule has 0 saturated carbocycles. The standard InChI is InChI=1S/C15H21ClN2/c1-3-5-10-18(11-6-4-2)15-9-7-8-14(16)13(15)12-17/h7-9H,3-6,10-11H2,1-2H3. The zero-order valence-corrected chi connectivity index (χ0v) is 12.0. The van der Waals surface area contributed by atoms with Crippen molar-refractivity contribution in [2.24, 2.45) is 0 Å². The molecule has 1 aromatic carbocycles. The molecule has 0 atom stereocenters. The van der Waals surface area contributed by atoms with Crippen molar-refractivity contribution in [3.63, 3.8) is 0 Å². The van der Waals surface area contributed by atoms with Crippen LogP contribution in [0.25, 0.3) is 0 Å². The van der Waals surface area contributed by atoms with Gasteiger partial charge in [-0.05, 0) is 25.0 Å². The molecular weight excluding hydrogens is 244 g/mol. The van der Waals surface area contributed by atoms with Crippen LogP contribution in [0.15, 0.2) is 18.2 Å². The zero-order valence-electron chi connectivity index (χ0n) is 11.2. The first kappa shape index (κ1) is 14.9. The van der Waals surface area contributed by atoms with Gasteiger partial charge in [-0.15, -0.1) is 0 Å². The fourth-order valence-corrected chi connectivity index (χ4v) is 2.15. The van der Waals surface area contributed by atoms with Gasteiger partial charge in [-0.2, -0.15) is 5.26 Å². The van der Waals surface area contributed by atoms with E-state index >= 15 is 0 Å². The van der Waals surface area contributed by atoms with Crippen LogP contribution in [0.3, 0.4) is 0 Å². The SMILES string of the molecule is CCCCN(CCCC)c1cccc(Cl)c1C#N. The van der Waals surface area contributed by atoms with Gasteiger partial charge in [0, 0.05) is 13.1 Å². The van der Waals surface area contributed by atoms with Gasteiger partial charge in [0.15, 0.2) is 0 Å². The van der Waals surface area contributed by atoms with E-state index in [0.29, 0.717) is 10.6 Å². The van der Waals surface area contributed by atoms with Crippen molar-refractivity contribution in [1.82, 2.24) is 0 Å². The molecule has 0 aliphatic heterocycles. The quantitative estimate of drug-likeness (QED) is 0.719. The summed E-state index contributed by atoms with van der Waals surface area (Å²) in [7, 11) is 0. The summed E-state index contributed by atoms with van der Waals surface area (Å²) in [6, 6.07) is 7.92. The molecule has 0 heterocycles. The van der Waals surface area contributed by atoms with Crippen LogP contribution in [0.2, 0.25) is 5.02 Å². The van der Waals surface area contributed by atoms with Gasteiger partial charge < -0.3 is 4.90 Å². The third-order valence-electron chi connectivity index (χ3n) is 3.01. The van der Waals surface area contributed by atoms with Crippen LogP contribution in [-0.2, 0) is 0 Å². The Morgan fingerprint density at radius 1 is 1.17 bits per heavy atom. The Labute approximate surface area is 115 Å². The number of halogens is 1. The highest BCUT2D eigenvalue weighted by Gasteiger charge is 2.12. The summed E-state index contributed by atoms with van der Waals surface area (Å²) in [5, 5.41) is 9.79. The lowest BCUT2D eigenvalue weighted by molar-refractivity contribution is 0.677. The van der Waals surface area contributed by atoms with Crippen molar-refractivity contribution in [1.29, 1.82) is 5.26 Å². The molecule has 0 unspecified atom stereocenters. The molecule has 1 rings (SSSR count). The van der Waals surface area contributed by atoms with Crippen molar-refractivity contribution < 1.29 is 0 Å². The van der Waals surface area contributed by atoms with Gasteiger partial charge in [-0.3, -0.25) is 0 Å². The van der Waals surface area contributed by atoms with E-state index in [1.54, 1.807) is 6.07 Å². The number of anilines is 1. The number of hydrogen-bond acceptors (Lipinski definition) is 2. The van der Waals surface area contributed by atoms with Crippen LogP contribution in [-0.4, -0.2) is 13.1 Å². The normalized spacial score (nSPS) is 10.1. The molecule has 98 valence electrons. The number of benzene rings is 1. The first-order valence-electron chi connectivity index (χ1n) is 6.68. The Bertz CT molecular complexity index is 401. The minimum atomic E-state index is 0.549. The summed E-state index contributed by atoms with van der Waals surface area (Å²) in [5.74, 6) is 0. The summed E-state index contributed by atoms with van der Waals surface area (Å²) in [5.41, 5.74) is 1.58. The number of unbranched alkanes of at least 4 members (excludes halogenated alkanes) is 2. The van der Waals surface area contributed by atoms with E-state index in [-0.39, 0.29) is 0 Å². The van der Waals surface area contributed by atoms with E-state index in [2.05, 4.69) is 24.8 Å². The summed E-state index contributed by atoms with van der Waals surface area (Å²) < 4.78 is 0. The fourth-order valence-electron chi connectivity index (χ4n) is 1.94. The maximum atomic E-state index is 9.24. The molecule has 3 heteroatoms. The molecule has 0 N–H and O–H groups in total. The predicted molar refractivity (Wildman–Crippen MR) is 78.2 cm³/mol. The van der Waals surface area contributed by atoms with Gasteiger partial charge in [0.2, 0.25) is 0 Å². The van der Waals surface area contributed by atoms with Gasteiger partial charge >= 0.3 is 0 Å². The topological polar surface area (TPSA) is 27.0 Å². The molecule has 18 heavy (non-hydrogen) atoms. The van der Waals surface area contributed by atoms with Crippen molar-refractivity contribution in [2.45, 2.75) is 39.5 Å². The Balaban J connectivity index is 2.96. The monoisotopic (exact) mass is 264 g/mol. The van der Waals surface area contributed by atoms with Crippen LogP contribution in [0.5, 0.6) is 0 Å². The minimum absolute atomic E-state index is 0.549. The van der Waals surface area contributed by atoms with Gasteiger partial charge in [0.05, 0.1) is 16.3 Å². The van der Waals surface area contributed by atoms with Crippen LogP contribution >= 0.6 is 11.6 Å². The minimum Gasteiger partial charge on any atom is -0.370 e. The second-order valence-electron chi connectivity index (χ2n) is 4.44. The van der Waals surface area contributed by atoms with Gasteiger partial charge in [0.1, 0.15) is 6.07 Å². The third-order valence-corrected chi connectivity index (χ3v) is 3.32. The Morgan fingerprint density at radius 2 is 1.78 bits per heavy atom. The average Bonchev–Trinajstić information content (AvgIpc) is 2.39. The lowest BCUT2D eigenvalue weighted by Gasteiger charge is -2.25. The predicted octanol–water partition coefficient (Wildman–Crippen LogP) is 4.62. The van der Waals surface area contributed by atoms with E-state index in [1.807, 2.05) is 12.1 Å². The molecule has 0 aliphatic carbocycles. The van der Waals surface area contributed by atoms with Crippen LogP contribution < -0.4 is 4.90 Å². The second-order valence-corrected chi connectivity index (χ2v) is 4.85. The number of nitriles is 1. The van der Waals surface area contributed by atoms with Gasteiger partial charge in [-0.1, -0.05) is 44.4 Å². The maximum Gasteiger partial charge on any atom is 0.103 e. The Hall–Kier alpha value is -1.20. The average molecular weight is 265 g/mol. The highest BCUT2D eigenvalue weighted by atomic mass is 35.5. The summed E-state index contributed by atoms with van der Waals surface area (Å²) >= 11 is 6.09. The van der Waals surface area contributed by atoms with Gasteiger partial charge in [0.25, 0.3) is 0 Å². The first-order chi connectivity index (χ1) is 8.74. The lowest BCUT2D eigenvalue weighted by atomic mass is 10.1. The largest absolute Gasteiger partial charge is 0.370 e. The van der Waals surface area contributed by atoms with E-state index < -0.39 is 0 Å². The number of rotatable bonds is 7. The maximum absolute atomic E-state index is 9.24. The third kappa shape index (κ3) is 3.92. The Morgan fingerprint density at radius 3 is 2.28 bits per heavy atom. The van der Waals surface area contributed by atoms with Crippen molar-refractivity contribution in [2.75, 3.05) is 18.0 Å². The summed E-state index contributed by atoms with van der Waals surface area (Å²) in [4.78, 5) is 2.29. The lowest BCUT2D eigenvalue weighted by Crippen LogP contribution is -2.26. The Kier molecular flexibility index (Phi) is 6.60. The molecule has 0 aromatic heterocycles. The van der Waals surface area contributed by atoms with E-state index in [0.717, 1.165) is 44.5 Å². The highest BCUT2D eigenvalue weighted by molar-refractivity contribution is 6.32. The molecule has 0 fully saturated rings. The molecule has 0 bridgehead atoms. The first-order valence-corrected chi connectivity index (χ1v) is 7.05. The molecule has 0 saturated heterocycles. The van der Waals surface area contributed by atoms with Crippen LogP contribution in [0, 0.1) is 11.3 Å². The van der Waals surface area contributed by atoms with Crippen molar-refractivity contribution >= 4 is 17.3 Å². The van der Waals surface area contributed by atoms with Crippen LogP contribution in [0.4, 0.5) is 5.69 Å². The molecule has 1 aromatic rings. The van der Waals surface area contributed by atoms with Crippen molar-refractivity contribution in [3.8, 4) is 6.07 Å². The zero-order chi connectivity index (χ0) is 13.4. The summed E-state index contributed by atoms with van der Waals surface area (Å²) in [6.07, 6.45) is 4.60. The highest BCUT2D eigenvalue weighted by Crippen LogP contribution is 2.27. The molecular formula is C15H21ClN2. The number of nitrogens with zero attached hydrogens (tertiary/aromatic N) is 2. The van der Waals surface area contributed by atoms with Gasteiger partial charge in [-0.25, -0.2) is 0 Å². The van der Waals surface area contributed by atoms with E-state index in [4.69, 9.17) is 11.6 Å². The molecule has 0 amide bonds. The fraction of sp³-hybridized carbons (Fsp3) is 0.533. The van der Waals surface area contributed by atoms with Crippen LogP contribution in [0.1, 0.15) is 45.1 Å². The molecule has 0 aliphatic rings. The molecule has 0 radical (unpaired) electrons. The summed E-state index contributed by atoms with van der Waals surface area (Å²) in [6.45, 7) is 6.35. The van der Waals surface area contributed by atoms with Crippen molar-refractivity contribution in [3.05, 3.63) is 28.8 Å².